The second kappa shape index (κ2) is 4.22. The van der Waals surface area contributed by atoms with Crippen LogP contribution in [0.1, 0.15) is 5.56 Å². The number of pyridine rings is 1. The van der Waals surface area contributed by atoms with E-state index < -0.39 is 31.9 Å². The van der Waals surface area contributed by atoms with E-state index in [-0.39, 0.29) is 5.56 Å². The molecule has 0 saturated heterocycles. The van der Waals surface area contributed by atoms with Crippen LogP contribution >= 0.6 is 10.7 Å². The number of rotatable bonds is 2. The molecule has 0 amide bonds. The molecule has 0 spiro atoms. The first kappa shape index (κ1) is 13.8. The van der Waals surface area contributed by atoms with Gasteiger partial charge in [-0.2, -0.15) is 0 Å². The summed E-state index contributed by atoms with van der Waals surface area (Å²) in [5.41, 5.74) is -0.380. The highest BCUT2D eigenvalue weighted by molar-refractivity contribution is 8.13. The fraction of sp³-hybridized carbons (Fsp3) is 0.286. The van der Waals surface area contributed by atoms with Crippen molar-refractivity contribution in [2.75, 3.05) is 0 Å². The van der Waals surface area contributed by atoms with Crippen molar-refractivity contribution >= 4 is 19.7 Å². The average molecular weight is 292 g/mol. The predicted octanol–water partition coefficient (Wildman–Crippen LogP) is 1.92. The summed E-state index contributed by atoms with van der Waals surface area (Å²) in [5.74, 6) is -2.18. The van der Waals surface area contributed by atoms with Crippen molar-refractivity contribution in [1.82, 2.24) is 4.98 Å². The highest BCUT2D eigenvalue weighted by Gasteiger charge is 2.34. The van der Waals surface area contributed by atoms with Gasteiger partial charge in [-0.05, 0) is 6.92 Å². The molecule has 0 fully saturated rings. The van der Waals surface area contributed by atoms with Crippen LogP contribution < -0.4 is 4.74 Å². The summed E-state index contributed by atoms with van der Waals surface area (Å²) >= 11 is 0. The highest BCUT2D eigenvalue weighted by Crippen LogP contribution is 2.35. The highest BCUT2D eigenvalue weighted by atomic mass is 35.7. The maximum absolute atomic E-state index is 11.9. The van der Waals surface area contributed by atoms with Crippen LogP contribution in [0.2, 0.25) is 0 Å². The maximum Gasteiger partial charge on any atom is 0.574 e. The molecule has 0 aromatic carbocycles. The SMILES string of the molecule is Cc1c(S(=O)(=O)Cl)cnc(OC(F)(F)F)c1O. The van der Waals surface area contributed by atoms with E-state index >= 15 is 0 Å². The van der Waals surface area contributed by atoms with Crippen LogP contribution in [0.5, 0.6) is 11.6 Å². The van der Waals surface area contributed by atoms with Crippen molar-refractivity contribution in [3.05, 3.63) is 11.8 Å². The first-order valence-corrected chi connectivity index (χ1v) is 6.22. The van der Waals surface area contributed by atoms with Crippen molar-refractivity contribution in [3.63, 3.8) is 0 Å². The first-order valence-electron chi connectivity index (χ1n) is 3.91. The van der Waals surface area contributed by atoms with E-state index in [1.165, 1.54) is 0 Å². The van der Waals surface area contributed by atoms with Gasteiger partial charge in [0.25, 0.3) is 14.9 Å². The molecular formula is C7H5ClF3NO4S. The number of nitrogens with zero attached hydrogens (tertiary/aromatic N) is 1. The van der Waals surface area contributed by atoms with Gasteiger partial charge < -0.3 is 9.84 Å². The maximum atomic E-state index is 11.9. The Morgan fingerprint density at radius 3 is 2.41 bits per heavy atom. The summed E-state index contributed by atoms with van der Waals surface area (Å²) in [4.78, 5) is 2.44. The third-order valence-corrected chi connectivity index (χ3v) is 3.14. The molecule has 17 heavy (non-hydrogen) atoms. The van der Waals surface area contributed by atoms with Gasteiger partial charge >= 0.3 is 6.36 Å². The Kier molecular flexibility index (Phi) is 3.44. The van der Waals surface area contributed by atoms with Crippen molar-refractivity contribution in [2.24, 2.45) is 0 Å². The van der Waals surface area contributed by atoms with Crippen LogP contribution in [0.15, 0.2) is 11.1 Å². The fourth-order valence-corrected chi connectivity index (χ4v) is 2.09. The first-order chi connectivity index (χ1) is 7.52. The number of hydrogen-bond acceptors (Lipinski definition) is 5. The molecule has 0 aliphatic carbocycles. The molecule has 5 nitrogen and oxygen atoms in total. The molecule has 0 saturated carbocycles. The molecule has 0 aliphatic heterocycles. The Morgan fingerprint density at radius 2 is 2.00 bits per heavy atom. The smallest absolute Gasteiger partial charge is 0.503 e. The third kappa shape index (κ3) is 3.37. The zero-order valence-corrected chi connectivity index (χ0v) is 9.69. The van der Waals surface area contributed by atoms with Gasteiger partial charge in [0.15, 0.2) is 5.75 Å². The zero-order chi connectivity index (χ0) is 13.4. The second-order valence-corrected chi connectivity index (χ2v) is 5.42. The Hall–Kier alpha value is -1.22. The molecule has 1 aromatic rings. The molecule has 0 bridgehead atoms. The lowest BCUT2D eigenvalue weighted by Gasteiger charge is -2.11. The molecule has 0 aliphatic rings. The Morgan fingerprint density at radius 1 is 1.47 bits per heavy atom. The summed E-state index contributed by atoms with van der Waals surface area (Å²) in [6, 6.07) is 0. The van der Waals surface area contributed by atoms with E-state index in [0.29, 0.717) is 6.20 Å². The summed E-state index contributed by atoms with van der Waals surface area (Å²) < 4.78 is 60.9. The molecule has 1 aromatic heterocycles. The average Bonchev–Trinajstić information content (AvgIpc) is 2.08. The lowest BCUT2D eigenvalue weighted by molar-refractivity contribution is -0.276. The molecule has 0 unspecified atom stereocenters. The van der Waals surface area contributed by atoms with Gasteiger partial charge in [0.1, 0.15) is 4.90 Å². The van der Waals surface area contributed by atoms with Crippen LogP contribution in [-0.4, -0.2) is 24.9 Å². The van der Waals surface area contributed by atoms with Crippen LogP contribution in [0.4, 0.5) is 13.2 Å². The lowest BCUT2D eigenvalue weighted by Crippen LogP contribution is -2.18. The summed E-state index contributed by atoms with van der Waals surface area (Å²) in [5, 5.41) is 9.29. The Bertz CT molecular complexity index is 543. The van der Waals surface area contributed by atoms with Gasteiger partial charge in [-0.25, -0.2) is 13.4 Å². The van der Waals surface area contributed by atoms with Crippen molar-refractivity contribution < 1.29 is 31.4 Å². The zero-order valence-electron chi connectivity index (χ0n) is 8.12. The molecule has 1 heterocycles. The Balaban J connectivity index is 3.30. The molecule has 0 radical (unpaired) electrons. The summed E-state index contributed by atoms with van der Waals surface area (Å²) in [6.07, 6.45) is -4.48. The van der Waals surface area contributed by atoms with E-state index in [9.17, 15) is 26.7 Å². The number of aromatic hydroxyl groups is 1. The number of aromatic nitrogens is 1. The van der Waals surface area contributed by atoms with Gasteiger partial charge in [-0.3, -0.25) is 0 Å². The third-order valence-electron chi connectivity index (χ3n) is 1.70. The van der Waals surface area contributed by atoms with E-state index in [4.69, 9.17) is 10.7 Å². The van der Waals surface area contributed by atoms with Gasteiger partial charge in [-0.1, -0.05) is 0 Å². The molecule has 10 heteroatoms. The van der Waals surface area contributed by atoms with E-state index in [2.05, 4.69) is 9.72 Å². The molecular weight excluding hydrogens is 287 g/mol. The molecule has 1 rings (SSSR count). The monoisotopic (exact) mass is 291 g/mol. The second-order valence-electron chi connectivity index (χ2n) is 2.89. The minimum absolute atomic E-state index is 0.380. The number of halogens is 4. The van der Waals surface area contributed by atoms with Gasteiger partial charge in [0, 0.05) is 16.2 Å². The summed E-state index contributed by atoms with van der Waals surface area (Å²) in [7, 11) is 0.776. The summed E-state index contributed by atoms with van der Waals surface area (Å²) in [6.45, 7) is 1.06. The van der Waals surface area contributed by atoms with Crippen molar-refractivity contribution in [3.8, 4) is 11.6 Å². The van der Waals surface area contributed by atoms with E-state index in [1.807, 2.05) is 0 Å². The number of hydrogen-bond donors (Lipinski definition) is 1. The molecule has 1 N–H and O–H groups in total. The topological polar surface area (TPSA) is 76.5 Å². The normalized spacial score (nSPS) is 12.5. The number of alkyl halides is 3. The van der Waals surface area contributed by atoms with Crippen LogP contribution in [0.3, 0.4) is 0 Å². The minimum Gasteiger partial charge on any atom is -0.503 e. The van der Waals surface area contributed by atoms with Crippen LogP contribution in [-0.2, 0) is 9.05 Å². The Labute approximate surface area is 98.2 Å². The minimum atomic E-state index is -5.04. The van der Waals surface area contributed by atoms with Crippen molar-refractivity contribution in [1.29, 1.82) is 0 Å². The van der Waals surface area contributed by atoms with Gasteiger partial charge in [-0.15, -0.1) is 13.2 Å². The van der Waals surface area contributed by atoms with E-state index in [1.54, 1.807) is 0 Å². The lowest BCUT2D eigenvalue weighted by atomic mass is 10.3. The van der Waals surface area contributed by atoms with Gasteiger partial charge in [0.2, 0.25) is 0 Å². The van der Waals surface area contributed by atoms with Gasteiger partial charge in [0.05, 0.1) is 6.20 Å². The molecule has 0 atom stereocenters. The fourth-order valence-electron chi connectivity index (χ4n) is 0.982. The predicted molar refractivity (Wildman–Crippen MR) is 50.4 cm³/mol. The van der Waals surface area contributed by atoms with Crippen LogP contribution in [0.25, 0.3) is 0 Å². The van der Waals surface area contributed by atoms with E-state index in [0.717, 1.165) is 6.92 Å². The number of ether oxygens (including phenoxy) is 1. The standard InChI is InChI=1S/C7H5ClF3NO4S/c1-3-4(17(8,14)15)2-12-6(5(3)13)16-7(9,10)11/h2,13H,1H3. The quantitative estimate of drug-likeness (QED) is 0.843. The largest absolute Gasteiger partial charge is 0.574 e. The van der Waals surface area contributed by atoms with Crippen molar-refractivity contribution in [2.45, 2.75) is 18.2 Å². The van der Waals surface area contributed by atoms with Crippen LogP contribution in [0, 0.1) is 6.92 Å². The molecule has 96 valence electrons.